The zero-order valence-electron chi connectivity index (χ0n) is 11.3. The molecule has 0 saturated heterocycles. The van der Waals surface area contributed by atoms with Gasteiger partial charge in [-0.1, -0.05) is 11.6 Å². The van der Waals surface area contributed by atoms with E-state index in [1.807, 2.05) is 0 Å². The molecule has 0 saturated carbocycles. The normalized spacial score (nSPS) is 10.3. The van der Waals surface area contributed by atoms with E-state index in [0.717, 1.165) is 3.79 Å². The molecule has 0 spiro atoms. The fraction of sp³-hybridized carbons (Fsp3) is 0.143. The van der Waals surface area contributed by atoms with Gasteiger partial charge >= 0.3 is 0 Å². The van der Waals surface area contributed by atoms with Gasteiger partial charge in [-0.05, 0) is 46.3 Å². The summed E-state index contributed by atoms with van der Waals surface area (Å²) in [6.45, 7) is 0. The molecule has 0 radical (unpaired) electrons. The fourth-order valence-corrected chi connectivity index (χ4v) is 3.12. The number of anilines is 1. The number of carbonyl (C=O) groups is 2. The second kappa shape index (κ2) is 6.60. The van der Waals surface area contributed by atoms with E-state index in [9.17, 15) is 9.59 Å². The molecule has 1 heterocycles. The number of hydrogen-bond acceptors (Lipinski definition) is 3. The maximum absolute atomic E-state index is 12.2. The number of hydrogen-bond donors (Lipinski definition) is 1. The predicted molar refractivity (Wildman–Crippen MR) is 89.4 cm³/mol. The Morgan fingerprint density at radius 1 is 1.24 bits per heavy atom. The monoisotopic (exact) mass is 386 g/mol. The van der Waals surface area contributed by atoms with E-state index in [1.165, 1.54) is 16.2 Å². The van der Waals surface area contributed by atoms with Crippen LogP contribution in [-0.4, -0.2) is 30.8 Å². The van der Waals surface area contributed by atoms with Crippen molar-refractivity contribution in [3.63, 3.8) is 0 Å². The van der Waals surface area contributed by atoms with Gasteiger partial charge in [0.15, 0.2) is 0 Å². The Morgan fingerprint density at radius 3 is 2.52 bits per heavy atom. The van der Waals surface area contributed by atoms with Crippen LogP contribution in [0.15, 0.2) is 34.1 Å². The van der Waals surface area contributed by atoms with Crippen molar-refractivity contribution in [2.24, 2.45) is 0 Å². The Labute approximate surface area is 139 Å². The number of amides is 2. The van der Waals surface area contributed by atoms with E-state index < -0.39 is 0 Å². The molecule has 0 aliphatic carbocycles. The molecule has 4 nitrogen and oxygen atoms in total. The lowest BCUT2D eigenvalue weighted by molar-refractivity contribution is 0.0828. The topological polar surface area (TPSA) is 49.4 Å². The predicted octanol–water partition coefficient (Wildman–Crippen LogP) is 4.12. The minimum absolute atomic E-state index is 0.200. The van der Waals surface area contributed by atoms with Gasteiger partial charge in [0.05, 0.1) is 19.9 Å². The summed E-state index contributed by atoms with van der Waals surface area (Å²) in [4.78, 5) is 26.3. The largest absolute Gasteiger partial charge is 0.345 e. The third-order valence-electron chi connectivity index (χ3n) is 2.66. The summed E-state index contributed by atoms with van der Waals surface area (Å²) in [5.41, 5.74) is 0.795. The first kappa shape index (κ1) is 16.0. The van der Waals surface area contributed by atoms with Gasteiger partial charge in [-0.2, -0.15) is 0 Å². The van der Waals surface area contributed by atoms with Crippen LogP contribution in [0.2, 0.25) is 5.02 Å². The second-order valence-corrected chi connectivity index (χ2v) is 7.35. The summed E-state index contributed by atoms with van der Waals surface area (Å²) >= 11 is 10.6. The number of carbonyl (C=O) groups excluding carboxylic acids is 2. The van der Waals surface area contributed by atoms with Gasteiger partial charge in [-0.15, -0.1) is 11.3 Å². The smallest absolute Gasteiger partial charge is 0.265 e. The van der Waals surface area contributed by atoms with Gasteiger partial charge in [0, 0.05) is 19.1 Å². The van der Waals surface area contributed by atoms with Crippen molar-refractivity contribution in [3.05, 3.63) is 49.6 Å². The number of rotatable bonds is 3. The van der Waals surface area contributed by atoms with Crippen LogP contribution in [0.5, 0.6) is 0 Å². The molecule has 0 unspecified atom stereocenters. The van der Waals surface area contributed by atoms with Crippen LogP contribution in [0.25, 0.3) is 0 Å². The Kier molecular flexibility index (Phi) is 5.03. The maximum atomic E-state index is 12.2. The zero-order valence-corrected chi connectivity index (χ0v) is 14.5. The Bertz CT molecular complexity index is 700. The second-order valence-electron chi connectivity index (χ2n) is 4.45. The van der Waals surface area contributed by atoms with Crippen LogP contribution in [0.4, 0.5) is 5.69 Å². The summed E-state index contributed by atoms with van der Waals surface area (Å²) in [6, 6.07) is 8.30. The van der Waals surface area contributed by atoms with E-state index >= 15 is 0 Å². The van der Waals surface area contributed by atoms with Crippen molar-refractivity contribution in [2.45, 2.75) is 0 Å². The molecule has 2 aromatic rings. The maximum Gasteiger partial charge on any atom is 0.265 e. The molecule has 1 N–H and O–H groups in total. The van der Waals surface area contributed by atoms with Gasteiger partial charge in [0.2, 0.25) is 0 Å². The first-order valence-corrected chi connectivity index (χ1v) is 7.95. The SMILES string of the molecule is CN(C)C(=O)c1ccc(Cl)cc1NC(=O)c1ccc(Br)s1. The number of nitrogens with zero attached hydrogens (tertiary/aromatic N) is 1. The molecule has 2 rings (SSSR count). The third kappa shape index (κ3) is 3.84. The highest BCUT2D eigenvalue weighted by Crippen LogP contribution is 2.26. The van der Waals surface area contributed by atoms with Crippen molar-refractivity contribution in [3.8, 4) is 0 Å². The first-order chi connectivity index (χ1) is 9.88. The van der Waals surface area contributed by atoms with E-state index in [4.69, 9.17) is 11.6 Å². The lowest BCUT2D eigenvalue weighted by Gasteiger charge is -2.14. The summed E-state index contributed by atoms with van der Waals surface area (Å²) in [5, 5.41) is 3.19. The lowest BCUT2D eigenvalue weighted by Crippen LogP contribution is -2.24. The average Bonchev–Trinajstić information content (AvgIpc) is 2.85. The van der Waals surface area contributed by atoms with E-state index in [-0.39, 0.29) is 11.8 Å². The van der Waals surface area contributed by atoms with Crippen molar-refractivity contribution in [2.75, 3.05) is 19.4 Å². The molecule has 7 heteroatoms. The summed E-state index contributed by atoms with van der Waals surface area (Å²) in [7, 11) is 3.30. The zero-order chi connectivity index (χ0) is 15.6. The average molecular weight is 388 g/mol. The Morgan fingerprint density at radius 2 is 1.95 bits per heavy atom. The summed E-state index contributed by atoms with van der Waals surface area (Å²) in [5.74, 6) is -0.477. The molecule has 110 valence electrons. The third-order valence-corrected chi connectivity index (χ3v) is 4.52. The lowest BCUT2D eigenvalue weighted by atomic mass is 10.1. The quantitative estimate of drug-likeness (QED) is 0.861. The molecule has 0 aliphatic heterocycles. The number of halogens is 2. The molecule has 0 atom stereocenters. The summed E-state index contributed by atoms with van der Waals surface area (Å²) < 4.78 is 0.864. The summed E-state index contributed by atoms with van der Waals surface area (Å²) in [6.07, 6.45) is 0. The number of thiophene rings is 1. The van der Waals surface area contributed by atoms with E-state index in [1.54, 1.807) is 44.4 Å². The van der Waals surface area contributed by atoms with E-state index in [0.29, 0.717) is 21.2 Å². The molecular weight excluding hydrogens is 376 g/mol. The number of benzene rings is 1. The van der Waals surface area contributed by atoms with Crippen LogP contribution >= 0.6 is 38.9 Å². The Balaban J connectivity index is 2.32. The highest BCUT2D eigenvalue weighted by molar-refractivity contribution is 9.11. The molecule has 0 aliphatic rings. The molecule has 0 bridgehead atoms. The van der Waals surface area contributed by atoms with Crippen LogP contribution in [-0.2, 0) is 0 Å². The molecule has 2 amide bonds. The van der Waals surface area contributed by atoms with Gasteiger partial charge < -0.3 is 10.2 Å². The van der Waals surface area contributed by atoms with Crippen LogP contribution < -0.4 is 5.32 Å². The van der Waals surface area contributed by atoms with Gasteiger partial charge in [-0.3, -0.25) is 9.59 Å². The van der Waals surface area contributed by atoms with Gasteiger partial charge in [0.1, 0.15) is 0 Å². The molecular formula is C14H12BrClN2O2S. The van der Waals surface area contributed by atoms with Crippen LogP contribution in [0.1, 0.15) is 20.0 Å². The van der Waals surface area contributed by atoms with E-state index in [2.05, 4.69) is 21.2 Å². The van der Waals surface area contributed by atoms with Crippen molar-refractivity contribution >= 4 is 56.4 Å². The molecule has 0 fully saturated rings. The van der Waals surface area contributed by atoms with Crippen LogP contribution in [0, 0.1) is 0 Å². The molecule has 21 heavy (non-hydrogen) atoms. The standard InChI is InChI=1S/C14H12BrClN2O2S/c1-18(2)14(20)9-4-3-8(16)7-10(9)17-13(19)11-5-6-12(15)21-11/h3-7H,1-2H3,(H,17,19). The number of nitrogens with one attached hydrogen (secondary N) is 1. The van der Waals surface area contributed by atoms with Gasteiger partial charge in [-0.25, -0.2) is 0 Å². The van der Waals surface area contributed by atoms with Crippen LogP contribution in [0.3, 0.4) is 0 Å². The van der Waals surface area contributed by atoms with Crippen molar-refractivity contribution in [1.82, 2.24) is 4.90 Å². The Hall–Kier alpha value is -1.37. The highest BCUT2D eigenvalue weighted by atomic mass is 79.9. The van der Waals surface area contributed by atoms with Crippen molar-refractivity contribution in [1.29, 1.82) is 0 Å². The van der Waals surface area contributed by atoms with Gasteiger partial charge in [0.25, 0.3) is 11.8 Å². The molecule has 1 aromatic heterocycles. The highest BCUT2D eigenvalue weighted by Gasteiger charge is 2.17. The minimum Gasteiger partial charge on any atom is -0.345 e. The molecule has 1 aromatic carbocycles. The first-order valence-electron chi connectivity index (χ1n) is 5.96. The van der Waals surface area contributed by atoms with Crippen molar-refractivity contribution < 1.29 is 9.59 Å². The minimum atomic E-state index is -0.277. The fourth-order valence-electron chi connectivity index (χ4n) is 1.67.